The second kappa shape index (κ2) is 5.48. The van der Waals surface area contributed by atoms with Crippen molar-refractivity contribution in [3.63, 3.8) is 0 Å². The topological polar surface area (TPSA) is 55.6 Å². The van der Waals surface area contributed by atoms with Crippen LogP contribution in [0.4, 0.5) is 5.82 Å². The monoisotopic (exact) mass is 309 g/mol. The van der Waals surface area contributed by atoms with Crippen LogP contribution in [-0.4, -0.2) is 26.8 Å². The molecule has 2 aromatic rings. The fourth-order valence-electron chi connectivity index (χ4n) is 1.78. The van der Waals surface area contributed by atoms with Crippen molar-refractivity contribution >= 4 is 21.7 Å². The first kappa shape index (κ1) is 13.0. The molecule has 0 atom stereocenters. The molecule has 0 saturated heterocycles. The molecule has 0 amide bonds. The zero-order valence-electron chi connectivity index (χ0n) is 10.7. The molecule has 2 heterocycles. The number of rotatable bonds is 4. The van der Waals surface area contributed by atoms with E-state index in [1.807, 2.05) is 17.8 Å². The molecule has 96 valence electrons. The van der Waals surface area contributed by atoms with E-state index in [9.17, 15) is 0 Å². The normalized spacial score (nSPS) is 10.7. The first-order chi connectivity index (χ1) is 8.71. The molecular weight excluding hydrogens is 294 g/mol. The fourth-order valence-corrected chi connectivity index (χ4v) is 2.44. The Kier molecular flexibility index (Phi) is 3.96. The number of anilines is 1. The summed E-state index contributed by atoms with van der Waals surface area (Å²) in [5.41, 5.74) is 1.93. The molecule has 0 bridgehead atoms. The van der Waals surface area contributed by atoms with Crippen molar-refractivity contribution in [1.82, 2.24) is 19.7 Å². The van der Waals surface area contributed by atoms with Gasteiger partial charge in [-0.15, -0.1) is 0 Å². The summed E-state index contributed by atoms with van der Waals surface area (Å²) in [4.78, 5) is 9.11. The second-order valence-electron chi connectivity index (χ2n) is 3.79. The minimum atomic E-state index is 0.707. The van der Waals surface area contributed by atoms with Crippen LogP contribution < -0.4 is 5.32 Å². The van der Waals surface area contributed by atoms with E-state index in [1.54, 1.807) is 6.20 Å². The summed E-state index contributed by atoms with van der Waals surface area (Å²) in [6, 6.07) is 1.94. The molecule has 2 aromatic heterocycles. The Hall–Kier alpha value is -1.43. The Bertz CT molecular complexity index is 524. The zero-order valence-corrected chi connectivity index (χ0v) is 12.3. The van der Waals surface area contributed by atoms with E-state index >= 15 is 0 Å². The van der Waals surface area contributed by atoms with Crippen LogP contribution in [0.25, 0.3) is 11.5 Å². The van der Waals surface area contributed by atoms with E-state index in [1.165, 1.54) is 0 Å². The minimum Gasteiger partial charge on any atom is -0.372 e. The van der Waals surface area contributed by atoms with Gasteiger partial charge in [0.1, 0.15) is 11.5 Å². The van der Waals surface area contributed by atoms with E-state index in [-0.39, 0.29) is 0 Å². The maximum atomic E-state index is 4.59. The van der Waals surface area contributed by atoms with E-state index < -0.39 is 0 Å². The second-order valence-corrected chi connectivity index (χ2v) is 4.59. The Morgan fingerprint density at radius 2 is 2.11 bits per heavy atom. The molecule has 0 aliphatic rings. The van der Waals surface area contributed by atoms with Crippen LogP contribution in [0, 0.1) is 0 Å². The molecule has 0 aliphatic carbocycles. The van der Waals surface area contributed by atoms with Crippen LogP contribution >= 0.6 is 15.9 Å². The van der Waals surface area contributed by atoms with Crippen molar-refractivity contribution in [2.24, 2.45) is 0 Å². The third kappa shape index (κ3) is 2.25. The van der Waals surface area contributed by atoms with Crippen molar-refractivity contribution in [2.75, 3.05) is 12.4 Å². The molecule has 0 aromatic carbocycles. The zero-order chi connectivity index (χ0) is 13.1. The largest absolute Gasteiger partial charge is 0.372 e. The smallest absolute Gasteiger partial charge is 0.180 e. The first-order valence-electron chi connectivity index (χ1n) is 5.97. The summed E-state index contributed by atoms with van der Waals surface area (Å²) in [5, 5.41) is 7.33. The lowest BCUT2D eigenvalue weighted by atomic mass is 10.3. The van der Waals surface area contributed by atoms with Gasteiger partial charge in [0.25, 0.3) is 0 Å². The number of hydrogen-bond donors (Lipinski definition) is 1. The summed E-state index contributed by atoms with van der Waals surface area (Å²) < 4.78 is 2.82. The van der Waals surface area contributed by atoms with E-state index in [4.69, 9.17) is 0 Å². The number of aromatic nitrogens is 4. The Balaban J connectivity index is 2.58. The van der Waals surface area contributed by atoms with Gasteiger partial charge in [-0.1, -0.05) is 6.92 Å². The molecule has 0 spiro atoms. The van der Waals surface area contributed by atoms with Gasteiger partial charge in [-0.3, -0.25) is 4.68 Å². The quantitative estimate of drug-likeness (QED) is 0.943. The number of nitrogens with zero attached hydrogens (tertiary/aromatic N) is 4. The molecule has 0 unspecified atom stereocenters. The lowest BCUT2D eigenvalue weighted by molar-refractivity contribution is 0.663. The average molecular weight is 310 g/mol. The Morgan fingerprint density at radius 1 is 1.33 bits per heavy atom. The van der Waals surface area contributed by atoms with Crippen molar-refractivity contribution in [3.05, 3.63) is 22.4 Å². The van der Waals surface area contributed by atoms with Gasteiger partial charge in [0.05, 0.1) is 10.2 Å². The summed E-state index contributed by atoms with van der Waals surface area (Å²) in [5.74, 6) is 1.51. The predicted octanol–water partition coefficient (Wildman–Crippen LogP) is 2.73. The lowest BCUT2D eigenvalue weighted by Gasteiger charge is -2.10. The minimum absolute atomic E-state index is 0.707. The van der Waals surface area contributed by atoms with Gasteiger partial charge in [-0.05, 0) is 35.3 Å². The lowest BCUT2D eigenvalue weighted by Crippen LogP contribution is -2.06. The highest BCUT2D eigenvalue weighted by atomic mass is 79.9. The van der Waals surface area contributed by atoms with E-state index in [2.05, 4.69) is 50.2 Å². The number of aryl methyl sites for hydroxylation is 2. The van der Waals surface area contributed by atoms with Crippen molar-refractivity contribution in [3.8, 4) is 11.5 Å². The average Bonchev–Trinajstić information content (AvgIpc) is 2.87. The highest BCUT2D eigenvalue weighted by Crippen LogP contribution is 2.27. The van der Waals surface area contributed by atoms with Crippen molar-refractivity contribution in [1.29, 1.82) is 0 Å². The standard InChI is InChI=1S/C12H16BrN5/c1-4-8-10(13)12(14-3)17-11(16-8)9-6-7-15-18(9)5-2/h6-7H,4-5H2,1-3H3,(H,14,16,17). The fraction of sp³-hybridized carbons (Fsp3) is 0.417. The molecule has 0 aliphatic heterocycles. The Labute approximate surface area is 115 Å². The summed E-state index contributed by atoms with van der Waals surface area (Å²) in [6.45, 7) is 4.93. The summed E-state index contributed by atoms with van der Waals surface area (Å²) in [6.07, 6.45) is 2.62. The van der Waals surface area contributed by atoms with Gasteiger partial charge in [0, 0.05) is 19.8 Å². The van der Waals surface area contributed by atoms with Gasteiger partial charge in [0.15, 0.2) is 5.82 Å². The van der Waals surface area contributed by atoms with Gasteiger partial charge >= 0.3 is 0 Å². The molecule has 6 heteroatoms. The molecular formula is C12H16BrN5. The highest BCUT2D eigenvalue weighted by molar-refractivity contribution is 9.10. The predicted molar refractivity (Wildman–Crippen MR) is 75.6 cm³/mol. The van der Waals surface area contributed by atoms with Crippen LogP contribution in [0.5, 0.6) is 0 Å². The molecule has 18 heavy (non-hydrogen) atoms. The van der Waals surface area contributed by atoms with Gasteiger partial charge in [-0.2, -0.15) is 5.10 Å². The summed E-state index contributed by atoms with van der Waals surface area (Å²) in [7, 11) is 1.85. The molecule has 5 nitrogen and oxygen atoms in total. The molecule has 0 radical (unpaired) electrons. The van der Waals surface area contributed by atoms with E-state index in [0.717, 1.165) is 34.6 Å². The molecule has 2 rings (SSSR count). The van der Waals surface area contributed by atoms with Crippen LogP contribution in [0.3, 0.4) is 0 Å². The molecule has 0 saturated carbocycles. The van der Waals surface area contributed by atoms with Crippen molar-refractivity contribution in [2.45, 2.75) is 26.8 Å². The number of nitrogens with one attached hydrogen (secondary N) is 1. The molecule has 1 N–H and O–H groups in total. The summed E-state index contributed by atoms with van der Waals surface area (Å²) >= 11 is 3.52. The maximum Gasteiger partial charge on any atom is 0.180 e. The van der Waals surface area contributed by atoms with E-state index in [0.29, 0.717) is 5.82 Å². The highest BCUT2D eigenvalue weighted by Gasteiger charge is 2.13. The third-order valence-electron chi connectivity index (χ3n) is 2.74. The Morgan fingerprint density at radius 3 is 2.72 bits per heavy atom. The van der Waals surface area contributed by atoms with Crippen LogP contribution in [0.1, 0.15) is 19.5 Å². The van der Waals surface area contributed by atoms with Crippen molar-refractivity contribution < 1.29 is 0 Å². The van der Waals surface area contributed by atoms with Gasteiger partial charge < -0.3 is 5.32 Å². The van der Waals surface area contributed by atoms with Crippen LogP contribution in [0.2, 0.25) is 0 Å². The van der Waals surface area contributed by atoms with Crippen LogP contribution in [0.15, 0.2) is 16.7 Å². The van der Waals surface area contributed by atoms with Gasteiger partial charge in [-0.25, -0.2) is 9.97 Å². The van der Waals surface area contributed by atoms with Gasteiger partial charge in [0.2, 0.25) is 0 Å². The maximum absolute atomic E-state index is 4.59. The number of halogens is 1. The van der Waals surface area contributed by atoms with Crippen LogP contribution in [-0.2, 0) is 13.0 Å². The molecule has 0 fully saturated rings. The number of hydrogen-bond acceptors (Lipinski definition) is 4. The SMILES string of the molecule is CCc1nc(-c2ccnn2CC)nc(NC)c1Br. The first-order valence-corrected chi connectivity index (χ1v) is 6.76. The third-order valence-corrected chi connectivity index (χ3v) is 3.57.